The van der Waals surface area contributed by atoms with E-state index in [1.165, 1.54) is 43.3 Å². The van der Waals surface area contributed by atoms with Crippen LogP contribution in [0.5, 0.6) is 0 Å². The fraction of sp³-hybridized carbons (Fsp3) is 0.211. The summed E-state index contributed by atoms with van der Waals surface area (Å²) in [5, 5.41) is 2.52. The van der Waals surface area contributed by atoms with Crippen molar-refractivity contribution < 1.29 is 31.9 Å². The van der Waals surface area contributed by atoms with E-state index in [9.17, 15) is 27.2 Å². The van der Waals surface area contributed by atoms with Crippen molar-refractivity contribution in [2.75, 3.05) is 18.5 Å². The molecule has 0 fully saturated rings. The van der Waals surface area contributed by atoms with Crippen LogP contribution in [-0.4, -0.2) is 39.2 Å². The topological polar surface area (TPSA) is 119 Å². The van der Waals surface area contributed by atoms with E-state index in [1.54, 1.807) is 0 Å². The largest absolute Gasteiger partial charge is 0.457 e. The molecule has 0 aliphatic carbocycles. The molecule has 0 bridgehead atoms. The second-order valence-corrected chi connectivity index (χ2v) is 7.71. The molecule has 0 saturated carbocycles. The fourth-order valence-corrected chi connectivity index (χ4v) is 3.26. The Kier molecular flexibility index (Phi) is 7.57. The summed E-state index contributed by atoms with van der Waals surface area (Å²) in [5.74, 6) is -2.03. The Balaban J connectivity index is 1.79. The first-order chi connectivity index (χ1) is 13.7. The third-order valence-electron chi connectivity index (χ3n) is 3.64. The molecule has 2 aromatic rings. The molecule has 2 N–H and O–H groups in total. The van der Waals surface area contributed by atoms with Gasteiger partial charge in [-0.2, -0.15) is 0 Å². The van der Waals surface area contributed by atoms with E-state index >= 15 is 0 Å². The van der Waals surface area contributed by atoms with Crippen molar-refractivity contribution in [2.45, 2.75) is 18.2 Å². The van der Waals surface area contributed by atoms with E-state index in [0.717, 1.165) is 12.1 Å². The van der Waals surface area contributed by atoms with Crippen molar-refractivity contribution in [1.29, 1.82) is 0 Å². The molecule has 0 aromatic heterocycles. The van der Waals surface area contributed by atoms with Crippen molar-refractivity contribution in [3.63, 3.8) is 0 Å². The number of nitrogens with one attached hydrogen (secondary N) is 2. The number of hydrogen-bond acceptors (Lipinski definition) is 6. The lowest BCUT2D eigenvalue weighted by atomic mass is 10.1. The van der Waals surface area contributed by atoms with Gasteiger partial charge in [0.2, 0.25) is 15.9 Å². The lowest BCUT2D eigenvalue weighted by molar-refractivity contribution is -0.142. The van der Waals surface area contributed by atoms with Gasteiger partial charge in [-0.1, -0.05) is 0 Å². The molecule has 29 heavy (non-hydrogen) atoms. The van der Waals surface area contributed by atoms with Gasteiger partial charge in [0.25, 0.3) is 0 Å². The van der Waals surface area contributed by atoms with Crippen LogP contribution in [0.1, 0.15) is 23.7 Å². The SMILES string of the molecule is CC(=O)Nc1ccc(S(=O)(=O)NCCC(=O)OCC(=O)c2ccc(F)cc2)cc1. The normalized spacial score (nSPS) is 11.0. The lowest BCUT2D eigenvalue weighted by Gasteiger charge is -2.08. The molecule has 0 aliphatic rings. The number of ether oxygens (including phenoxy) is 1. The molecule has 0 heterocycles. The summed E-state index contributed by atoms with van der Waals surface area (Å²) in [6.07, 6.45) is -0.278. The Morgan fingerprint density at radius 1 is 1.00 bits per heavy atom. The van der Waals surface area contributed by atoms with E-state index in [1.807, 2.05) is 0 Å². The van der Waals surface area contributed by atoms with Crippen molar-refractivity contribution in [3.8, 4) is 0 Å². The summed E-state index contributed by atoms with van der Waals surface area (Å²) >= 11 is 0. The summed E-state index contributed by atoms with van der Waals surface area (Å²) in [4.78, 5) is 34.5. The minimum absolute atomic E-state index is 0.0357. The van der Waals surface area contributed by atoms with E-state index in [0.29, 0.717) is 5.69 Å². The molecule has 0 saturated heterocycles. The second-order valence-electron chi connectivity index (χ2n) is 5.94. The number of amides is 1. The highest BCUT2D eigenvalue weighted by Crippen LogP contribution is 2.14. The third kappa shape index (κ3) is 7.09. The Morgan fingerprint density at radius 2 is 1.62 bits per heavy atom. The Morgan fingerprint density at radius 3 is 2.21 bits per heavy atom. The monoisotopic (exact) mass is 422 g/mol. The van der Waals surface area contributed by atoms with Gasteiger partial charge in [0.1, 0.15) is 5.82 Å². The number of rotatable bonds is 9. The molecule has 8 nitrogen and oxygen atoms in total. The number of hydrogen-bond donors (Lipinski definition) is 2. The van der Waals surface area contributed by atoms with Gasteiger partial charge in [0.15, 0.2) is 12.4 Å². The van der Waals surface area contributed by atoms with Gasteiger partial charge in [0.05, 0.1) is 11.3 Å². The van der Waals surface area contributed by atoms with Crippen LogP contribution in [0.15, 0.2) is 53.4 Å². The zero-order valence-electron chi connectivity index (χ0n) is 15.5. The molecule has 2 aromatic carbocycles. The van der Waals surface area contributed by atoms with Crippen LogP contribution >= 0.6 is 0 Å². The van der Waals surface area contributed by atoms with E-state index in [2.05, 4.69) is 10.0 Å². The number of ketones is 1. The van der Waals surface area contributed by atoms with Crippen LogP contribution in [0.25, 0.3) is 0 Å². The van der Waals surface area contributed by atoms with Gasteiger partial charge < -0.3 is 10.1 Å². The van der Waals surface area contributed by atoms with Gasteiger partial charge in [-0.3, -0.25) is 14.4 Å². The average molecular weight is 422 g/mol. The van der Waals surface area contributed by atoms with Gasteiger partial charge in [-0.25, -0.2) is 17.5 Å². The van der Waals surface area contributed by atoms with Crippen LogP contribution in [0.4, 0.5) is 10.1 Å². The zero-order chi connectivity index (χ0) is 21.4. The summed E-state index contributed by atoms with van der Waals surface area (Å²) < 4.78 is 44.3. The van der Waals surface area contributed by atoms with Crippen LogP contribution in [-0.2, 0) is 24.3 Å². The number of carbonyl (C=O) groups is 3. The first-order valence-corrected chi connectivity index (χ1v) is 9.97. The number of esters is 1. The molecule has 2 rings (SSSR count). The fourth-order valence-electron chi connectivity index (χ4n) is 2.23. The summed E-state index contributed by atoms with van der Waals surface area (Å²) in [7, 11) is -3.85. The Labute approximate surface area is 167 Å². The first kappa shape index (κ1) is 22.2. The molecular formula is C19H19FN2O6S. The van der Waals surface area contributed by atoms with Gasteiger partial charge in [0, 0.05) is 24.7 Å². The molecule has 0 unspecified atom stereocenters. The standard InChI is InChI=1S/C19H19FN2O6S/c1-13(23)22-16-6-8-17(9-7-16)29(26,27)21-11-10-19(25)28-12-18(24)14-2-4-15(20)5-3-14/h2-9,21H,10-12H2,1H3,(H,22,23). The maximum Gasteiger partial charge on any atom is 0.307 e. The Hall–Kier alpha value is -3.11. The average Bonchev–Trinajstić information content (AvgIpc) is 2.66. The van der Waals surface area contributed by atoms with Gasteiger partial charge in [-0.15, -0.1) is 0 Å². The summed E-state index contributed by atoms with van der Waals surface area (Å²) in [5.41, 5.74) is 0.647. The summed E-state index contributed by atoms with van der Waals surface area (Å²) in [6, 6.07) is 10.3. The Bertz CT molecular complexity index is 988. The van der Waals surface area contributed by atoms with Crippen LogP contribution in [0, 0.1) is 5.82 Å². The molecule has 10 heteroatoms. The van der Waals surface area contributed by atoms with E-state index in [4.69, 9.17) is 4.74 Å². The molecule has 1 amide bonds. The van der Waals surface area contributed by atoms with Crippen LogP contribution in [0.3, 0.4) is 0 Å². The number of halogens is 1. The molecule has 0 radical (unpaired) electrons. The lowest BCUT2D eigenvalue weighted by Crippen LogP contribution is -2.27. The van der Waals surface area contributed by atoms with Crippen molar-refractivity contribution in [1.82, 2.24) is 4.72 Å². The number of Topliss-reactive ketones (excluding diaryl/α,β-unsaturated/α-hetero) is 1. The molecular weight excluding hydrogens is 403 g/mol. The number of carbonyl (C=O) groups excluding carboxylic acids is 3. The van der Waals surface area contributed by atoms with Crippen LogP contribution in [0.2, 0.25) is 0 Å². The minimum atomic E-state index is -3.85. The molecule has 154 valence electrons. The van der Waals surface area contributed by atoms with Crippen LogP contribution < -0.4 is 10.0 Å². The van der Waals surface area contributed by atoms with E-state index < -0.39 is 34.2 Å². The summed E-state index contributed by atoms with van der Waals surface area (Å²) in [6.45, 7) is 0.583. The minimum Gasteiger partial charge on any atom is -0.457 e. The smallest absolute Gasteiger partial charge is 0.307 e. The van der Waals surface area contributed by atoms with E-state index in [-0.39, 0.29) is 29.3 Å². The second kappa shape index (κ2) is 9.89. The number of anilines is 1. The highest BCUT2D eigenvalue weighted by atomic mass is 32.2. The highest BCUT2D eigenvalue weighted by molar-refractivity contribution is 7.89. The molecule has 0 atom stereocenters. The predicted molar refractivity (Wildman–Crippen MR) is 102 cm³/mol. The first-order valence-electron chi connectivity index (χ1n) is 8.49. The molecule has 0 spiro atoms. The number of benzene rings is 2. The van der Waals surface area contributed by atoms with Gasteiger partial charge >= 0.3 is 5.97 Å². The maximum absolute atomic E-state index is 12.8. The maximum atomic E-state index is 12.8. The highest BCUT2D eigenvalue weighted by Gasteiger charge is 2.15. The quantitative estimate of drug-likeness (QED) is 0.471. The van der Waals surface area contributed by atoms with Crippen molar-refractivity contribution in [3.05, 3.63) is 59.9 Å². The predicted octanol–water partition coefficient (Wildman–Crippen LogP) is 1.88. The molecule has 0 aliphatic heterocycles. The van der Waals surface area contributed by atoms with Gasteiger partial charge in [-0.05, 0) is 48.5 Å². The van der Waals surface area contributed by atoms with Crippen molar-refractivity contribution >= 4 is 33.4 Å². The number of sulfonamides is 1. The zero-order valence-corrected chi connectivity index (χ0v) is 16.3. The van der Waals surface area contributed by atoms with Crippen molar-refractivity contribution in [2.24, 2.45) is 0 Å². The third-order valence-corrected chi connectivity index (χ3v) is 5.11.